The van der Waals surface area contributed by atoms with Crippen molar-refractivity contribution in [2.45, 2.75) is 18.3 Å². The van der Waals surface area contributed by atoms with Crippen molar-refractivity contribution >= 4 is 40.9 Å². The number of nitrogens with one attached hydrogen (secondary N) is 1. The monoisotopic (exact) mass is 447 g/mol. The molecule has 1 fully saturated rings. The molecule has 3 aromatic rings. The SMILES string of the molecule is Cc1ccc(N2C(=O)CS[C@]23C(=O)N(CC(=O)NCc2ccco2)c2ccccc23)cc1. The molecule has 1 aromatic heterocycles. The molecule has 0 aliphatic carbocycles. The number of rotatable bonds is 5. The first-order chi connectivity index (χ1) is 15.5. The van der Waals surface area contributed by atoms with Crippen LogP contribution in [0.25, 0.3) is 0 Å². The van der Waals surface area contributed by atoms with Gasteiger partial charge in [0.2, 0.25) is 16.7 Å². The fourth-order valence-corrected chi connectivity index (χ4v) is 5.56. The second-order valence-electron chi connectivity index (χ2n) is 7.76. The summed E-state index contributed by atoms with van der Waals surface area (Å²) in [5, 5.41) is 2.79. The van der Waals surface area contributed by atoms with Gasteiger partial charge in [-0.2, -0.15) is 0 Å². The number of hydrogen-bond donors (Lipinski definition) is 1. The number of aryl methyl sites for hydroxylation is 1. The molecule has 1 atom stereocenters. The van der Waals surface area contributed by atoms with E-state index in [0.29, 0.717) is 17.1 Å². The van der Waals surface area contributed by atoms with Crippen LogP contribution < -0.4 is 15.1 Å². The van der Waals surface area contributed by atoms with Gasteiger partial charge in [-0.3, -0.25) is 24.2 Å². The lowest BCUT2D eigenvalue weighted by Crippen LogP contribution is -2.51. The Morgan fingerprint density at radius 2 is 1.88 bits per heavy atom. The van der Waals surface area contributed by atoms with Gasteiger partial charge >= 0.3 is 0 Å². The highest BCUT2D eigenvalue weighted by Gasteiger charge is 2.61. The molecule has 0 unspecified atom stereocenters. The van der Waals surface area contributed by atoms with E-state index in [1.165, 1.54) is 16.7 Å². The molecule has 0 saturated carbocycles. The Hall–Kier alpha value is -3.52. The van der Waals surface area contributed by atoms with Gasteiger partial charge in [-0.1, -0.05) is 35.9 Å². The number of furan rings is 1. The van der Waals surface area contributed by atoms with Crippen molar-refractivity contribution in [3.8, 4) is 0 Å². The standard InChI is InChI=1S/C24H21N3O4S/c1-16-8-10-17(11-9-16)27-22(29)15-32-24(27)19-6-2-3-7-20(19)26(23(24)30)14-21(28)25-13-18-5-4-12-31-18/h2-12H,13-15H2,1H3,(H,25,28)/t24-/m1/s1. The quantitative estimate of drug-likeness (QED) is 0.650. The Balaban J connectivity index is 1.48. The Kier molecular flexibility index (Phi) is 5.01. The molecule has 3 amide bonds. The summed E-state index contributed by atoms with van der Waals surface area (Å²) >= 11 is 1.30. The number of carbonyl (C=O) groups excluding carboxylic acids is 3. The van der Waals surface area contributed by atoms with E-state index in [1.54, 1.807) is 23.3 Å². The predicted octanol–water partition coefficient (Wildman–Crippen LogP) is 3.18. The molecular formula is C24H21N3O4S. The van der Waals surface area contributed by atoms with Crippen LogP contribution in [0, 0.1) is 6.92 Å². The summed E-state index contributed by atoms with van der Waals surface area (Å²) in [6.45, 7) is 2.07. The molecule has 1 N–H and O–H groups in total. The molecule has 2 aliphatic heterocycles. The largest absolute Gasteiger partial charge is 0.467 e. The summed E-state index contributed by atoms with van der Waals surface area (Å²) < 4.78 is 5.25. The van der Waals surface area contributed by atoms with Gasteiger partial charge in [-0.25, -0.2) is 0 Å². The number of thioether (sulfide) groups is 1. The lowest BCUT2D eigenvalue weighted by Gasteiger charge is -2.33. The van der Waals surface area contributed by atoms with Crippen molar-refractivity contribution in [3.63, 3.8) is 0 Å². The molecule has 2 aromatic carbocycles. The third kappa shape index (κ3) is 3.18. The number of para-hydroxylation sites is 1. The lowest BCUT2D eigenvalue weighted by atomic mass is 10.0. The summed E-state index contributed by atoms with van der Waals surface area (Å²) in [5.74, 6) is 0.0876. The number of benzene rings is 2. The van der Waals surface area contributed by atoms with Crippen LogP contribution in [-0.2, 0) is 25.8 Å². The summed E-state index contributed by atoms with van der Waals surface area (Å²) in [6.07, 6.45) is 1.54. The van der Waals surface area contributed by atoms with Gasteiger partial charge in [0, 0.05) is 11.3 Å². The molecule has 2 aliphatic rings. The van der Waals surface area contributed by atoms with Crippen LogP contribution in [0.15, 0.2) is 71.3 Å². The number of carbonyl (C=O) groups is 3. The van der Waals surface area contributed by atoms with E-state index >= 15 is 0 Å². The zero-order valence-corrected chi connectivity index (χ0v) is 18.2. The van der Waals surface area contributed by atoms with Crippen LogP contribution in [0.4, 0.5) is 11.4 Å². The highest BCUT2D eigenvalue weighted by Crippen LogP contribution is 2.55. The molecule has 1 saturated heterocycles. The Morgan fingerprint density at radius 3 is 2.62 bits per heavy atom. The molecule has 3 heterocycles. The maximum atomic E-state index is 13.9. The van der Waals surface area contributed by atoms with Crippen LogP contribution in [0.5, 0.6) is 0 Å². The molecular weight excluding hydrogens is 426 g/mol. The van der Waals surface area contributed by atoms with Crippen LogP contribution in [-0.4, -0.2) is 30.0 Å². The molecule has 162 valence electrons. The predicted molar refractivity (Wildman–Crippen MR) is 122 cm³/mol. The first-order valence-corrected chi connectivity index (χ1v) is 11.2. The molecule has 5 rings (SSSR count). The fourth-order valence-electron chi connectivity index (χ4n) is 4.20. The van der Waals surface area contributed by atoms with Crippen LogP contribution in [0.1, 0.15) is 16.9 Å². The normalized spacial score (nSPS) is 19.7. The van der Waals surface area contributed by atoms with Crippen molar-refractivity contribution in [1.29, 1.82) is 0 Å². The van der Waals surface area contributed by atoms with Crippen molar-refractivity contribution in [2.75, 3.05) is 22.1 Å². The zero-order chi connectivity index (χ0) is 22.3. The van der Waals surface area contributed by atoms with Gasteiger partial charge in [0.25, 0.3) is 5.91 Å². The molecule has 32 heavy (non-hydrogen) atoms. The molecule has 7 nitrogen and oxygen atoms in total. The number of hydrogen-bond acceptors (Lipinski definition) is 5. The van der Waals surface area contributed by atoms with E-state index < -0.39 is 4.87 Å². The molecule has 8 heteroatoms. The van der Waals surface area contributed by atoms with Crippen molar-refractivity contribution in [3.05, 3.63) is 83.8 Å². The van der Waals surface area contributed by atoms with E-state index in [0.717, 1.165) is 11.1 Å². The van der Waals surface area contributed by atoms with Crippen molar-refractivity contribution in [1.82, 2.24) is 5.32 Å². The van der Waals surface area contributed by atoms with Crippen LogP contribution in [0.2, 0.25) is 0 Å². The minimum atomic E-state index is -1.22. The van der Waals surface area contributed by atoms with Gasteiger partial charge in [0.05, 0.1) is 24.2 Å². The van der Waals surface area contributed by atoms with Crippen molar-refractivity contribution in [2.24, 2.45) is 0 Å². The van der Waals surface area contributed by atoms with E-state index in [1.807, 2.05) is 55.5 Å². The zero-order valence-electron chi connectivity index (χ0n) is 17.4. The van der Waals surface area contributed by atoms with Gasteiger partial charge < -0.3 is 9.73 Å². The third-order valence-corrected chi connectivity index (χ3v) is 7.08. The topological polar surface area (TPSA) is 82.9 Å². The first kappa shape index (κ1) is 20.4. The van der Waals surface area contributed by atoms with Crippen LogP contribution >= 0.6 is 11.8 Å². The van der Waals surface area contributed by atoms with Gasteiger partial charge in [-0.15, -0.1) is 11.8 Å². The van der Waals surface area contributed by atoms with Crippen molar-refractivity contribution < 1.29 is 18.8 Å². The van der Waals surface area contributed by atoms with Gasteiger partial charge in [0.15, 0.2) is 0 Å². The maximum Gasteiger partial charge on any atom is 0.269 e. The second kappa shape index (κ2) is 7.87. The second-order valence-corrected chi connectivity index (χ2v) is 8.93. The number of amides is 3. The number of anilines is 2. The summed E-state index contributed by atoms with van der Waals surface area (Å²) in [4.78, 5) is 41.4. The number of fused-ring (bicyclic) bond motifs is 2. The highest BCUT2D eigenvalue weighted by molar-refractivity contribution is 8.02. The van der Waals surface area contributed by atoms with E-state index in [2.05, 4.69) is 5.32 Å². The molecule has 0 radical (unpaired) electrons. The average Bonchev–Trinajstić information content (AvgIpc) is 3.49. The Labute approximate surface area is 189 Å². The van der Waals surface area contributed by atoms with E-state index in [-0.39, 0.29) is 36.6 Å². The minimum absolute atomic E-state index is 0.133. The third-order valence-electron chi connectivity index (χ3n) is 5.70. The highest BCUT2D eigenvalue weighted by atomic mass is 32.2. The Bertz CT molecular complexity index is 1190. The van der Waals surface area contributed by atoms with E-state index in [4.69, 9.17) is 4.42 Å². The summed E-state index contributed by atoms with van der Waals surface area (Å²) in [5.41, 5.74) is 3.10. The fraction of sp³-hybridized carbons (Fsp3) is 0.208. The first-order valence-electron chi connectivity index (χ1n) is 10.2. The molecule has 0 bridgehead atoms. The van der Waals surface area contributed by atoms with Gasteiger partial charge in [0.1, 0.15) is 12.3 Å². The minimum Gasteiger partial charge on any atom is -0.467 e. The number of nitrogens with zero attached hydrogens (tertiary/aromatic N) is 2. The Morgan fingerprint density at radius 1 is 1.09 bits per heavy atom. The summed E-state index contributed by atoms with van der Waals surface area (Å²) in [6, 6.07) is 18.4. The molecule has 1 spiro atoms. The van der Waals surface area contributed by atoms with Gasteiger partial charge in [-0.05, 0) is 37.3 Å². The maximum absolute atomic E-state index is 13.9. The van der Waals surface area contributed by atoms with Crippen LogP contribution in [0.3, 0.4) is 0 Å². The lowest BCUT2D eigenvalue weighted by molar-refractivity contribution is -0.125. The summed E-state index contributed by atoms with van der Waals surface area (Å²) in [7, 11) is 0. The average molecular weight is 448 g/mol. The smallest absolute Gasteiger partial charge is 0.269 e. The van der Waals surface area contributed by atoms with E-state index in [9.17, 15) is 14.4 Å².